The number of carboxylic acid groups (broad SMARTS) is 1. The third kappa shape index (κ3) is 3.92. The van der Waals surface area contributed by atoms with Crippen LogP contribution < -0.4 is 0 Å². The summed E-state index contributed by atoms with van der Waals surface area (Å²) >= 11 is 0. The van der Waals surface area contributed by atoms with Crippen LogP contribution in [0.2, 0.25) is 0 Å². The van der Waals surface area contributed by atoms with Crippen LogP contribution in [0, 0.1) is 0 Å². The lowest BCUT2D eigenvalue weighted by atomic mass is 9.98. The molecule has 2 aromatic rings. The first kappa shape index (κ1) is 21.4. The van der Waals surface area contributed by atoms with Gasteiger partial charge in [0.25, 0.3) is 0 Å². The second-order valence-electron chi connectivity index (χ2n) is 9.55. The van der Waals surface area contributed by atoms with E-state index < -0.39 is 23.2 Å². The lowest BCUT2D eigenvalue weighted by molar-refractivity contribution is -0.148. The van der Waals surface area contributed by atoms with Crippen LogP contribution in [0.25, 0.3) is 11.1 Å². The first-order valence-electron chi connectivity index (χ1n) is 10.6. The molecule has 2 atom stereocenters. The number of hydrogen-bond acceptors (Lipinski definition) is 4. The Morgan fingerprint density at radius 3 is 2.13 bits per heavy atom. The van der Waals surface area contributed by atoms with Gasteiger partial charge in [-0.25, -0.2) is 9.59 Å². The van der Waals surface area contributed by atoms with Crippen LogP contribution in [-0.4, -0.2) is 52.5 Å². The summed E-state index contributed by atoms with van der Waals surface area (Å²) in [6.45, 7) is 7.66. The van der Waals surface area contributed by atoms with E-state index in [2.05, 4.69) is 24.3 Å². The predicted molar refractivity (Wildman–Crippen MR) is 117 cm³/mol. The van der Waals surface area contributed by atoms with Crippen LogP contribution >= 0.6 is 0 Å². The van der Waals surface area contributed by atoms with Gasteiger partial charge in [0, 0.05) is 12.3 Å². The Bertz CT molecular complexity index is 965. The monoisotopic (exact) mass is 423 g/mol. The van der Waals surface area contributed by atoms with Crippen molar-refractivity contribution >= 4 is 12.1 Å². The van der Waals surface area contributed by atoms with Gasteiger partial charge in [-0.15, -0.1) is 0 Å². The highest BCUT2D eigenvalue weighted by atomic mass is 16.6. The molecule has 0 unspecified atom stereocenters. The fourth-order valence-corrected chi connectivity index (χ4v) is 4.75. The Morgan fingerprint density at radius 1 is 1.06 bits per heavy atom. The smallest absolute Gasteiger partial charge is 0.410 e. The van der Waals surface area contributed by atoms with Crippen molar-refractivity contribution in [2.75, 3.05) is 13.2 Å². The van der Waals surface area contributed by atoms with E-state index >= 15 is 0 Å². The van der Waals surface area contributed by atoms with E-state index in [4.69, 9.17) is 9.47 Å². The third-order valence-electron chi connectivity index (χ3n) is 6.14. The summed E-state index contributed by atoms with van der Waals surface area (Å²) in [7, 11) is 0. The van der Waals surface area contributed by atoms with Gasteiger partial charge in [-0.3, -0.25) is 4.90 Å². The van der Waals surface area contributed by atoms with E-state index in [1.54, 1.807) is 6.92 Å². The maximum atomic E-state index is 13.0. The molecule has 1 saturated heterocycles. The number of nitrogens with zero attached hydrogens (tertiary/aromatic N) is 1. The summed E-state index contributed by atoms with van der Waals surface area (Å²) in [5.41, 5.74) is 2.74. The number of benzene rings is 2. The molecule has 1 amide bonds. The van der Waals surface area contributed by atoms with Gasteiger partial charge in [0.15, 0.2) is 0 Å². The second kappa shape index (κ2) is 7.68. The van der Waals surface area contributed by atoms with Gasteiger partial charge < -0.3 is 14.6 Å². The van der Waals surface area contributed by atoms with Crippen molar-refractivity contribution < 1.29 is 24.2 Å². The maximum Gasteiger partial charge on any atom is 0.410 e. The van der Waals surface area contributed by atoms with Gasteiger partial charge >= 0.3 is 12.1 Å². The SMILES string of the molecule is CC(C)(C)O[C@H]1CN(C(=O)OCC2c3ccccc3-c3ccccc32)[C@](C)(C(=O)O)C1. The summed E-state index contributed by atoms with van der Waals surface area (Å²) in [6.07, 6.45) is -0.752. The number of rotatable bonds is 4. The van der Waals surface area contributed by atoms with E-state index in [1.807, 2.05) is 45.0 Å². The third-order valence-corrected chi connectivity index (χ3v) is 6.14. The van der Waals surface area contributed by atoms with Crippen LogP contribution in [0.1, 0.15) is 51.2 Å². The first-order chi connectivity index (χ1) is 14.6. The summed E-state index contributed by atoms with van der Waals surface area (Å²) in [6, 6.07) is 16.2. The lowest BCUT2D eigenvalue weighted by Crippen LogP contribution is -2.51. The number of carboxylic acids is 1. The zero-order chi connectivity index (χ0) is 22.4. The predicted octanol–water partition coefficient (Wildman–Crippen LogP) is 4.67. The standard InChI is InChI=1S/C25H29NO5/c1-24(2,3)31-16-13-25(4,22(27)28)26(14-16)23(29)30-15-21-19-11-7-5-9-17(19)18-10-6-8-12-20(18)21/h5-12,16,21H,13-15H2,1-4H3,(H,27,28)/t16-,25+/m1/s1. The molecule has 1 heterocycles. The van der Waals surface area contributed by atoms with Crippen molar-refractivity contribution in [3.05, 3.63) is 59.7 Å². The Kier molecular flexibility index (Phi) is 5.30. The molecule has 6 nitrogen and oxygen atoms in total. The van der Waals surface area contributed by atoms with Crippen molar-refractivity contribution in [1.29, 1.82) is 0 Å². The molecule has 4 rings (SSSR count). The van der Waals surface area contributed by atoms with Gasteiger partial charge in [0.1, 0.15) is 12.1 Å². The van der Waals surface area contributed by atoms with E-state index in [-0.39, 0.29) is 31.6 Å². The summed E-state index contributed by atoms with van der Waals surface area (Å²) in [5.74, 6) is -1.13. The number of amides is 1. The molecule has 0 spiro atoms. The van der Waals surface area contributed by atoms with Crippen molar-refractivity contribution in [3.63, 3.8) is 0 Å². The minimum atomic E-state index is -1.36. The second-order valence-corrected chi connectivity index (χ2v) is 9.55. The highest BCUT2D eigenvalue weighted by Crippen LogP contribution is 2.44. The summed E-state index contributed by atoms with van der Waals surface area (Å²) < 4.78 is 11.7. The van der Waals surface area contributed by atoms with E-state index in [9.17, 15) is 14.7 Å². The van der Waals surface area contributed by atoms with E-state index in [0.29, 0.717) is 0 Å². The molecular weight excluding hydrogens is 394 g/mol. The number of likely N-dealkylation sites (tertiary alicyclic amines) is 1. The van der Waals surface area contributed by atoms with Crippen LogP contribution in [0.5, 0.6) is 0 Å². The molecule has 1 aliphatic heterocycles. The minimum Gasteiger partial charge on any atom is -0.480 e. The van der Waals surface area contributed by atoms with E-state index in [0.717, 1.165) is 22.3 Å². The topological polar surface area (TPSA) is 76.1 Å². The Balaban J connectivity index is 1.52. The van der Waals surface area contributed by atoms with Crippen LogP contribution in [0.15, 0.2) is 48.5 Å². The average Bonchev–Trinajstić information content (AvgIpc) is 3.20. The molecule has 1 aliphatic carbocycles. The molecule has 6 heteroatoms. The molecule has 164 valence electrons. The minimum absolute atomic E-state index is 0.0725. The van der Waals surface area contributed by atoms with Crippen molar-refractivity contribution in [2.24, 2.45) is 0 Å². The molecule has 0 radical (unpaired) electrons. The fraction of sp³-hybridized carbons (Fsp3) is 0.440. The molecule has 1 fully saturated rings. The molecule has 1 N–H and O–H groups in total. The molecule has 2 aromatic carbocycles. The molecule has 0 bridgehead atoms. The maximum absolute atomic E-state index is 13.0. The van der Waals surface area contributed by atoms with Gasteiger partial charge in [0.2, 0.25) is 0 Å². The number of carbonyl (C=O) groups is 2. The van der Waals surface area contributed by atoms with Gasteiger partial charge in [0.05, 0.1) is 18.2 Å². The van der Waals surface area contributed by atoms with Crippen molar-refractivity contribution in [3.8, 4) is 11.1 Å². The fourth-order valence-electron chi connectivity index (χ4n) is 4.75. The van der Waals surface area contributed by atoms with Crippen molar-refractivity contribution in [1.82, 2.24) is 4.90 Å². The quantitative estimate of drug-likeness (QED) is 0.774. The summed E-state index contributed by atoms with van der Waals surface area (Å²) in [5, 5.41) is 9.84. The average molecular weight is 424 g/mol. The Hall–Kier alpha value is -2.86. The molecule has 31 heavy (non-hydrogen) atoms. The van der Waals surface area contributed by atoms with Crippen molar-refractivity contribution in [2.45, 2.75) is 57.3 Å². The van der Waals surface area contributed by atoms with E-state index in [1.165, 1.54) is 4.90 Å². The zero-order valence-corrected chi connectivity index (χ0v) is 18.4. The lowest BCUT2D eigenvalue weighted by Gasteiger charge is -2.30. The number of aliphatic carboxylic acids is 1. The number of ether oxygens (including phenoxy) is 2. The van der Waals surface area contributed by atoms with Gasteiger partial charge in [-0.1, -0.05) is 48.5 Å². The van der Waals surface area contributed by atoms with Gasteiger partial charge in [-0.2, -0.15) is 0 Å². The highest BCUT2D eigenvalue weighted by molar-refractivity contribution is 5.85. The van der Waals surface area contributed by atoms with Crippen LogP contribution in [0.4, 0.5) is 4.79 Å². The largest absolute Gasteiger partial charge is 0.480 e. The number of carbonyl (C=O) groups excluding carboxylic acids is 1. The van der Waals surface area contributed by atoms with Gasteiger partial charge in [-0.05, 0) is 49.9 Å². The first-order valence-corrected chi connectivity index (χ1v) is 10.6. The molecular formula is C25H29NO5. The molecule has 0 saturated carbocycles. The Labute approximate surface area is 182 Å². The summed E-state index contributed by atoms with van der Waals surface area (Å²) in [4.78, 5) is 26.4. The number of fused-ring (bicyclic) bond motifs is 3. The Morgan fingerprint density at radius 2 is 1.61 bits per heavy atom. The number of hydrogen-bond donors (Lipinski definition) is 1. The highest BCUT2D eigenvalue weighted by Gasteiger charge is 2.52. The molecule has 2 aliphatic rings. The normalized spacial score (nSPS) is 22.8. The zero-order valence-electron chi connectivity index (χ0n) is 18.4. The van der Waals surface area contributed by atoms with Crippen LogP contribution in [-0.2, 0) is 14.3 Å². The van der Waals surface area contributed by atoms with Crippen LogP contribution in [0.3, 0.4) is 0 Å². The molecule has 0 aromatic heterocycles.